The lowest BCUT2D eigenvalue weighted by Gasteiger charge is -2.23. The minimum absolute atomic E-state index is 0.00159. The van der Waals surface area contributed by atoms with Gasteiger partial charge in [0.05, 0.1) is 6.10 Å². The van der Waals surface area contributed by atoms with Crippen LogP contribution >= 0.6 is 11.6 Å². The summed E-state index contributed by atoms with van der Waals surface area (Å²) < 4.78 is 39.3. The highest BCUT2D eigenvalue weighted by Gasteiger charge is 2.22. The number of hydrogen-bond donors (Lipinski definition) is 2. The van der Waals surface area contributed by atoms with Crippen LogP contribution in [0.25, 0.3) is 0 Å². The number of benzene rings is 1. The van der Waals surface area contributed by atoms with Crippen LogP contribution in [0.3, 0.4) is 0 Å². The summed E-state index contributed by atoms with van der Waals surface area (Å²) >= 11 is 6.00. The van der Waals surface area contributed by atoms with Gasteiger partial charge in [0.25, 0.3) is 0 Å². The lowest BCUT2D eigenvalue weighted by molar-refractivity contribution is -0.0116. The van der Waals surface area contributed by atoms with Crippen molar-refractivity contribution in [2.24, 2.45) is 0 Å². The molecule has 1 saturated heterocycles. The van der Waals surface area contributed by atoms with E-state index in [0.717, 1.165) is 32.4 Å². The lowest BCUT2D eigenvalue weighted by atomic mass is 10.1. The third kappa shape index (κ3) is 6.42. The van der Waals surface area contributed by atoms with Gasteiger partial charge in [-0.15, -0.1) is 0 Å². The molecule has 0 amide bonds. The summed E-state index contributed by atoms with van der Waals surface area (Å²) in [5.74, 6) is 0.294. The van der Waals surface area contributed by atoms with Crippen molar-refractivity contribution < 1.29 is 17.9 Å². The molecule has 2 atom stereocenters. The van der Waals surface area contributed by atoms with Crippen LogP contribution in [0.15, 0.2) is 23.1 Å². The average Bonchev–Trinajstić information content (AvgIpc) is 2.60. The predicted molar refractivity (Wildman–Crippen MR) is 98.9 cm³/mol. The molecule has 0 spiro atoms. The van der Waals surface area contributed by atoms with Crippen molar-refractivity contribution in [2.45, 2.75) is 50.2 Å². The molecule has 1 heterocycles. The van der Waals surface area contributed by atoms with Crippen molar-refractivity contribution in [3.05, 3.63) is 23.2 Å². The van der Waals surface area contributed by atoms with E-state index in [2.05, 4.69) is 10.0 Å². The zero-order chi connectivity index (χ0) is 18.3. The first kappa shape index (κ1) is 20.5. The van der Waals surface area contributed by atoms with Gasteiger partial charge in [0.1, 0.15) is 17.3 Å². The maximum absolute atomic E-state index is 12.7. The number of nitrogens with one attached hydrogen (secondary N) is 2. The van der Waals surface area contributed by atoms with Crippen LogP contribution in [0.2, 0.25) is 5.02 Å². The first-order chi connectivity index (χ1) is 11.9. The van der Waals surface area contributed by atoms with Gasteiger partial charge in [-0.25, -0.2) is 13.1 Å². The molecule has 2 N–H and O–H groups in total. The van der Waals surface area contributed by atoms with Crippen molar-refractivity contribution in [3.8, 4) is 5.75 Å². The van der Waals surface area contributed by atoms with Gasteiger partial charge in [-0.2, -0.15) is 0 Å². The summed E-state index contributed by atoms with van der Waals surface area (Å²) in [5.41, 5.74) is 0. The molecular formula is C17H27ClN2O4S. The van der Waals surface area contributed by atoms with E-state index in [0.29, 0.717) is 17.4 Å². The summed E-state index contributed by atoms with van der Waals surface area (Å²) in [7, 11) is -3.72. The second kappa shape index (κ2) is 9.73. The quantitative estimate of drug-likeness (QED) is 0.677. The van der Waals surface area contributed by atoms with E-state index in [9.17, 15) is 8.42 Å². The van der Waals surface area contributed by atoms with Crippen molar-refractivity contribution in [1.29, 1.82) is 0 Å². The van der Waals surface area contributed by atoms with Gasteiger partial charge in [-0.05, 0) is 50.9 Å². The van der Waals surface area contributed by atoms with E-state index in [1.54, 1.807) is 12.1 Å². The van der Waals surface area contributed by atoms with Crippen LogP contribution in [-0.2, 0) is 14.8 Å². The Balaban J connectivity index is 2.08. The highest BCUT2D eigenvalue weighted by molar-refractivity contribution is 7.89. The Labute approximate surface area is 155 Å². The van der Waals surface area contributed by atoms with Gasteiger partial charge in [0.2, 0.25) is 10.0 Å². The molecule has 1 aliphatic heterocycles. The largest absolute Gasteiger partial charge is 0.489 e. The molecule has 6 nitrogen and oxygen atoms in total. The highest BCUT2D eigenvalue weighted by atomic mass is 35.5. The van der Waals surface area contributed by atoms with Gasteiger partial charge in [0, 0.05) is 24.2 Å². The summed E-state index contributed by atoms with van der Waals surface area (Å²) in [5, 5.41) is 3.51. The van der Waals surface area contributed by atoms with E-state index in [-0.39, 0.29) is 23.6 Å². The van der Waals surface area contributed by atoms with Gasteiger partial charge in [0.15, 0.2) is 0 Å². The van der Waals surface area contributed by atoms with Gasteiger partial charge in [-0.1, -0.05) is 18.5 Å². The SMILES string of the molecule is CCN[C@H](C)CNS(=O)(=O)c1cc(Cl)ccc1OCC1CCCCO1. The van der Waals surface area contributed by atoms with E-state index in [1.807, 2.05) is 13.8 Å². The second-order valence-electron chi connectivity index (χ2n) is 6.20. The number of hydrogen-bond acceptors (Lipinski definition) is 5. The monoisotopic (exact) mass is 390 g/mol. The second-order valence-corrected chi connectivity index (χ2v) is 8.37. The Morgan fingerprint density at radius 3 is 2.88 bits per heavy atom. The summed E-state index contributed by atoms with van der Waals surface area (Å²) in [6.07, 6.45) is 3.09. The molecule has 1 unspecified atom stereocenters. The fraction of sp³-hybridized carbons (Fsp3) is 0.647. The molecule has 2 rings (SSSR count). The average molecular weight is 391 g/mol. The molecule has 0 aromatic heterocycles. The normalized spacial score (nSPS) is 19.6. The maximum Gasteiger partial charge on any atom is 0.244 e. The van der Waals surface area contributed by atoms with Crippen molar-refractivity contribution in [1.82, 2.24) is 10.0 Å². The molecule has 142 valence electrons. The molecule has 1 aliphatic rings. The van der Waals surface area contributed by atoms with Crippen molar-refractivity contribution >= 4 is 21.6 Å². The molecule has 0 radical (unpaired) electrons. The molecule has 0 bridgehead atoms. The predicted octanol–water partition coefficient (Wildman–Crippen LogP) is 2.56. The first-order valence-electron chi connectivity index (χ1n) is 8.69. The Morgan fingerprint density at radius 2 is 2.20 bits per heavy atom. The zero-order valence-electron chi connectivity index (χ0n) is 14.8. The highest BCUT2D eigenvalue weighted by Crippen LogP contribution is 2.28. The van der Waals surface area contributed by atoms with Crippen molar-refractivity contribution in [3.63, 3.8) is 0 Å². The minimum Gasteiger partial charge on any atom is -0.489 e. The number of sulfonamides is 1. The van der Waals surface area contributed by atoms with Crippen LogP contribution in [0, 0.1) is 0 Å². The Bertz CT molecular complexity index is 648. The molecular weight excluding hydrogens is 364 g/mol. The third-order valence-corrected chi connectivity index (χ3v) is 5.71. The third-order valence-electron chi connectivity index (χ3n) is 4.03. The Morgan fingerprint density at radius 1 is 1.40 bits per heavy atom. The van der Waals surface area contributed by atoms with E-state index in [1.165, 1.54) is 6.07 Å². The van der Waals surface area contributed by atoms with E-state index >= 15 is 0 Å². The molecule has 1 aromatic rings. The van der Waals surface area contributed by atoms with Gasteiger partial charge >= 0.3 is 0 Å². The molecule has 25 heavy (non-hydrogen) atoms. The van der Waals surface area contributed by atoms with Crippen LogP contribution < -0.4 is 14.8 Å². The summed E-state index contributed by atoms with van der Waals surface area (Å²) in [6.45, 7) is 6.01. The number of likely N-dealkylation sites (N-methyl/N-ethyl adjacent to an activating group) is 1. The zero-order valence-corrected chi connectivity index (χ0v) is 16.3. The maximum atomic E-state index is 12.7. The number of ether oxygens (including phenoxy) is 2. The molecule has 1 aromatic carbocycles. The van der Waals surface area contributed by atoms with Crippen LogP contribution in [-0.4, -0.2) is 46.9 Å². The smallest absolute Gasteiger partial charge is 0.244 e. The van der Waals surface area contributed by atoms with Gasteiger partial charge in [-0.3, -0.25) is 0 Å². The topological polar surface area (TPSA) is 76.7 Å². The molecule has 0 aliphatic carbocycles. The Hall–Kier alpha value is -0.860. The number of rotatable bonds is 9. The standard InChI is InChI=1S/C17H27ClN2O4S/c1-3-19-13(2)11-20-25(21,22)17-10-14(18)7-8-16(17)24-12-15-6-4-5-9-23-15/h7-8,10,13,15,19-20H,3-6,9,11-12H2,1-2H3/t13-,15?/m1/s1. The first-order valence-corrected chi connectivity index (χ1v) is 10.6. The minimum atomic E-state index is -3.72. The fourth-order valence-electron chi connectivity index (χ4n) is 2.67. The summed E-state index contributed by atoms with van der Waals surface area (Å²) in [4.78, 5) is 0.0551. The molecule has 0 saturated carbocycles. The Kier molecular flexibility index (Phi) is 7.96. The fourth-order valence-corrected chi connectivity index (χ4v) is 4.20. The lowest BCUT2D eigenvalue weighted by Crippen LogP contribution is -2.38. The van der Waals surface area contributed by atoms with Crippen molar-refractivity contribution in [2.75, 3.05) is 26.3 Å². The summed E-state index contributed by atoms with van der Waals surface area (Å²) in [6, 6.07) is 4.66. The van der Waals surface area contributed by atoms with Crippen LogP contribution in [0.5, 0.6) is 5.75 Å². The van der Waals surface area contributed by atoms with Crippen LogP contribution in [0.4, 0.5) is 0 Å². The van der Waals surface area contributed by atoms with E-state index in [4.69, 9.17) is 21.1 Å². The van der Waals surface area contributed by atoms with Crippen LogP contribution in [0.1, 0.15) is 33.1 Å². The molecule has 1 fully saturated rings. The van der Waals surface area contributed by atoms with Gasteiger partial charge < -0.3 is 14.8 Å². The van der Waals surface area contributed by atoms with E-state index < -0.39 is 10.0 Å². The number of halogens is 1. The molecule has 8 heteroatoms.